The Bertz CT molecular complexity index is 1640. The summed E-state index contributed by atoms with van der Waals surface area (Å²) in [6, 6.07) is 16.9. The Morgan fingerprint density at radius 3 is 2.36 bits per heavy atom. The average molecular weight is 619 g/mol. The fraction of sp³-hybridized carbons (Fsp3) is 0.233. The van der Waals surface area contributed by atoms with Crippen LogP contribution >= 0.6 is 11.3 Å². The third-order valence-corrected chi connectivity index (χ3v) is 7.82. The predicted molar refractivity (Wildman–Crippen MR) is 158 cm³/mol. The summed E-state index contributed by atoms with van der Waals surface area (Å²) in [7, 11) is 0. The van der Waals surface area contributed by atoms with Crippen LogP contribution in [0.2, 0.25) is 0 Å². The Balaban J connectivity index is 1.25. The molecule has 0 saturated carbocycles. The van der Waals surface area contributed by atoms with E-state index in [1.54, 1.807) is 60.9 Å². The van der Waals surface area contributed by atoms with E-state index in [1.807, 2.05) is 12.1 Å². The van der Waals surface area contributed by atoms with Crippen molar-refractivity contribution in [2.45, 2.75) is 25.4 Å². The van der Waals surface area contributed by atoms with Gasteiger partial charge >= 0.3 is 6.16 Å². The van der Waals surface area contributed by atoms with E-state index in [4.69, 9.17) is 9.47 Å². The summed E-state index contributed by atoms with van der Waals surface area (Å²) in [6.07, 6.45) is 3.18. The van der Waals surface area contributed by atoms with Crippen LogP contribution in [0.1, 0.15) is 50.6 Å². The molecule has 44 heavy (non-hydrogen) atoms. The molecule has 0 unspecified atom stereocenters. The molecule has 1 aliphatic rings. The maximum Gasteiger partial charge on any atom is 0.508 e. The number of hydrogen-bond donors (Lipinski definition) is 1. The Kier molecular flexibility index (Phi) is 9.40. The standard InChI is InChI=1S/C30H26N4O9S/c35-27(32-26-15-21-11-12-31-16-25(21)44-26)24(17-33-28(36)22-5-1-2-6-23(22)29(33)37)20-9-7-19(8-10-20)18-42-30(38)41-13-3-4-14-43-34(39)40/h1-2,5-12,15-16,24H,3-4,13-14,17-18H2,(H,32,35)/t24-/m1/s1. The summed E-state index contributed by atoms with van der Waals surface area (Å²) >= 11 is 1.36. The highest BCUT2D eigenvalue weighted by Gasteiger charge is 2.38. The molecular formula is C30H26N4O9S. The Labute approximate surface area is 254 Å². The molecule has 4 aromatic rings. The van der Waals surface area contributed by atoms with Gasteiger partial charge in [-0.05, 0) is 53.6 Å². The summed E-state index contributed by atoms with van der Waals surface area (Å²) in [6.45, 7) is -0.358. The Morgan fingerprint density at radius 2 is 1.68 bits per heavy atom. The fourth-order valence-corrected chi connectivity index (χ4v) is 5.54. The minimum Gasteiger partial charge on any atom is -0.434 e. The van der Waals surface area contributed by atoms with E-state index < -0.39 is 34.9 Å². The van der Waals surface area contributed by atoms with Crippen LogP contribution in [0.5, 0.6) is 0 Å². The van der Waals surface area contributed by atoms with Gasteiger partial charge in [-0.15, -0.1) is 21.5 Å². The van der Waals surface area contributed by atoms with Gasteiger partial charge in [0.2, 0.25) is 5.91 Å². The van der Waals surface area contributed by atoms with E-state index in [2.05, 4.69) is 15.1 Å². The van der Waals surface area contributed by atoms with Crippen LogP contribution in [0.3, 0.4) is 0 Å². The zero-order valence-corrected chi connectivity index (χ0v) is 24.0. The second-order valence-electron chi connectivity index (χ2n) is 9.73. The number of anilines is 1. The number of carbonyl (C=O) groups excluding carboxylic acids is 4. The number of thiophene rings is 1. The number of rotatable bonds is 13. The molecule has 226 valence electrons. The molecular weight excluding hydrogens is 592 g/mol. The van der Waals surface area contributed by atoms with Gasteiger partial charge < -0.3 is 19.6 Å². The van der Waals surface area contributed by atoms with E-state index in [1.165, 1.54) is 11.3 Å². The molecule has 5 rings (SSSR count). The van der Waals surface area contributed by atoms with E-state index >= 15 is 0 Å². The quantitative estimate of drug-likeness (QED) is 0.0711. The molecule has 1 N–H and O–H groups in total. The number of hydrogen-bond acceptors (Lipinski definition) is 11. The number of aromatic nitrogens is 1. The smallest absolute Gasteiger partial charge is 0.434 e. The van der Waals surface area contributed by atoms with Crippen molar-refractivity contribution in [1.82, 2.24) is 9.88 Å². The van der Waals surface area contributed by atoms with Crippen molar-refractivity contribution < 1.29 is 38.6 Å². The number of benzene rings is 2. The fourth-order valence-electron chi connectivity index (χ4n) is 4.61. The second kappa shape index (κ2) is 13.7. The van der Waals surface area contributed by atoms with Crippen LogP contribution in [0, 0.1) is 10.1 Å². The molecule has 2 aromatic heterocycles. The molecule has 1 atom stereocenters. The number of pyridine rings is 1. The minimum absolute atomic E-state index is 0.0176. The maximum atomic E-state index is 13.7. The number of imide groups is 1. The third-order valence-electron chi connectivity index (χ3n) is 6.82. The first-order valence-electron chi connectivity index (χ1n) is 13.6. The SMILES string of the molecule is O=C(OCCCCO[N+](=O)[O-])OCc1ccc([C@@H](CN2C(=O)c3ccccc3C2=O)C(=O)Nc2cc3ccncc3s2)cc1. The van der Waals surface area contributed by atoms with Crippen molar-refractivity contribution >= 4 is 50.3 Å². The summed E-state index contributed by atoms with van der Waals surface area (Å²) in [5, 5.41) is 13.7. The lowest BCUT2D eigenvalue weighted by molar-refractivity contribution is -0.757. The van der Waals surface area contributed by atoms with Gasteiger partial charge in [-0.1, -0.05) is 36.4 Å². The maximum absolute atomic E-state index is 13.7. The van der Waals surface area contributed by atoms with Gasteiger partial charge in [0.15, 0.2) is 0 Å². The molecule has 13 nitrogen and oxygen atoms in total. The molecule has 2 aromatic carbocycles. The minimum atomic E-state index is -0.903. The highest BCUT2D eigenvalue weighted by Crippen LogP contribution is 2.31. The average Bonchev–Trinajstić information content (AvgIpc) is 3.54. The lowest BCUT2D eigenvalue weighted by atomic mass is 9.96. The highest BCUT2D eigenvalue weighted by atomic mass is 32.1. The predicted octanol–water partition coefficient (Wildman–Crippen LogP) is 4.96. The molecule has 0 radical (unpaired) electrons. The molecule has 0 saturated heterocycles. The first kappa shape index (κ1) is 30.1. The number of ether oxygens (including phenoxy) is 2. The van der Waals surface area contributed by atoms with Crippen molar-refractivity contribution in [3.63, 3.8) is 0 Å². The van der Waals surface area contributed by atoms with Crippen molar-refractivity contribution in [2.75, 3.05) is 25.1 Å². The van der Waals surface area contributed by atoms with Crippen LogP contribution in [-0.4, -0.2) is 58.6 Å². The van der Waals surface area contributed by atoms with Gasteiger partial charge in [-0.2, -0.15) is 0 Å². The van der Waals surface area contributed by atoms with Crippen LogP contribution in [0.4, 0.5) is 9.80 Å². The lowest BCUT2D eigenvalue weighted by Crippen LogP contribution is -2.38. The van der Waals surface area contributed by atoms with Crippen LogP contribution in [0.25, 0.3) is 10.1 Å². The molecule has 1 aliphatic heterocycles. The first-order valence-corrected chi connectivity index (χ1v) is 14.4. The van der Waals surface area contributed by atoms with Gasteiger partial charge in [0.1, 0.15) is 6.61 Å². The third kappa shape index (κ3) is 7.15. The lowest BCUT2D eigenvalue weighted by Gasteiger charge is -2.22. The number of amides is 3. The Hall–Kier alpha value is -5.37. The number of carbonyl (C=O) groups is 4. The molecule has 3 heterocycles. The summed E-state index contributed by atoms with van der Waals surface area (Å²) in [4.78, 5) is 71.3. The van der Waals surface area contributed by atoms with E-state index in [0.29, 0.717) is 29.0 Å². The van der Waals surface area contributed by atoms with Crippen molar-refractivity contribution in [3.8, 4) is 0 Å². The van der Waals surface area contributed by atoms with Gasteiger partial charge in [0.25, 0.3) is 16.9 Å². The van der Waals surface area contributed by atoms with Crippen molar-refractivity contribution in [1.29, 1.82) is 0 Å². The zero-order valence-electron chi connectivity index (χ0n) is 23.2. The monoisotopic (exact) mass is 618 g/mol. The molecule has 0 bridgehead atoms. The normalized spacial score (nSPS) is 13.0. The number of unbranched alkanes of at least 4 members (excludes halogenated alkanes) is 1. The number of nitrogens with zero attached hydrogens (tertiary/aromatic N) is 3. The van der Waals surface area contributed by atoms with Gasteiger partial charge in [0.05, 0.1) is 40.0 Å². The molecule has 0 fully saturated rings. The molecule has 3 amide bonds. The highest BCUT2D eigenvalue weighted by molar-refractivity contribution is 7.22. The number of fused-ring (bicyclic) bond motifs is 2. The van der Waals surface area contributed by atoms with Gasteiger partial charge in [-0.3, -0.25) is 24.3 Å². The van der Waals surface area contributed by atoms with Gasteiger partial charge in [0, 0.05) is 18.9 Å². The van der Waals surface area contributed by atoms with Crippen molar-refractivity contribution in [3.05, 3.63) is 105 Å². The van der Waals surface area contributed by atoms with Crippen LogP contribution in [0.15, 0.2) is 73.1 Å². The van der Waals surface area contributed by atoms with E-state index in [9.17, 15) is 29.3 Å². The molecule has 14 heteroatoms. The number of nitrogens with one attached hydrogen (secondary N) is 1. The van der Waals surface area contributed by atoms with Crippen LogP contribution in [-0.2, 0) is 25.7 Å². The van der Waals surface area contributed by atoms with E-state index in [-0.39, 0.29) is 37.5 Å². The summed E-state index contributed by atoms with van der Waals surface area (Å²) in [5.74, 6) is -2.24. The second-order valence-corrected chi connectivity index (χ2v) is 10.8. The molecule has 0 spiro atoms. The van der Waals surface area contributed by atoms with Gasteiger partial charge in [-0.25, -0.2) is 4.79 Å². The first-order chi connectivity index (χ1) is 21.3. The topological polar surface area (TPSA) is 167 Å². The summed E-state index contributed by atoms with van der Waals surface area (Å²) < 4.78 is 11.0. The zero-order chi connectivity index (χ0) is 31.1. The van der Waals surface area contributed by atoms with Crippen LogP contribution < -0.4 is 5.32 Å². The Morgan fingerprint density at radius 1 is 0.977 bits per heavy atom. The molecule has 0 aliphatic carbocycles. The summed E-state index contributed by atoms with van der Waals surface area (Å²) in [5.41, 5.74) is 1.74. The van der Waals surface area contributed by atoms with Crippen molar-refractivity contribution in [2.24, 2.45) is 0 Å². The largest absolute Gasteiger partial charge is 0.508 e. The van der Waals surface area contributed by atoms with E-state index in [0.717, 1.165) is 15.0 Å².